The Balaban J connectivity index is 1.44. The smallest absolute Gasteiger partial charge is 0.239 e. The fraction of sp³-hybridized carbons (Fsp3) is 0.167. The van der Waals surface area contributed by atoms with Gasteiger partial charge in [-0.25, -0.2) is 15.0 Å². The number of hydrogen-bond acceptors (Lipinski definition) is 6. The van der Waals surface area contributed by atoms with E-state index < -0.39 is 0 Å². The van der Waals surface area contributed by atoms with Crippen LogP contribution < -0.4 is 10.2 Å². The molecule has 0 aliphatic carbocycles. The summed E-state index contributed by atoms with van der Waals surface area (Å²) in [5, 5.41) is 4.00. The lowest BCUT2D eigenvalue weighted by molar-refractivity contribution is -0.119. The van der Waals surface area contributed by atoms with E-state index in [1.807, 2.05) is 37.4 Å². The van der Waals surface area contributed by atoms with E-state index in [0.717, 1.165) is 16.5 Å². The summed E-state index contributed by atoms with van der Waals surface area (Å²) < 4.78 is 0. The third kappa shape index (κ3) is 3.04. The number of carbonyl (C=O) groups is 1. The monoisotopic (exact) mass is 347 g/mol. The molecule has 8 heteroatoms. The number of pyridine rings is 1. The zero-order valence-corrected chi connectivity index (χ0v) is 14.2. The average molecular weight is 347 g/mol. The first-order chi connectivity index (χ1) is 12.7. The van der Waals surface area contributed by atoms with Crippen molar-refractivity contribution in [3.63, 3.8) is 0 Å². The molecular weight excluding hydrogens is 330 g/mol. The van der Waals surface area contributed by atoms with Crippen molar-refractivity contribution in [2.24, 2.45) is 0 Å². The lowest BCUT2D eigenvalue weighted by Gasteiger charge is -2.18. The highest BCUT2D eigenvalue weighted by atomic mass is 16.2. The summed E-state index contributed by atoms with van der Waals surface area (Å²) in [6, 6.07) is 9.85. The lowest BCUT2D eigenvalue weighted by atomic mass is 10.1. The van der Waals surface area contributed by atoms with Crippen molar-refractivity contribution >= 4 is 33.8 Å². The summed E-state index contributed by atoms with van der Waals surface area (Å²) in [7, 11) is 1.81. The number of likely N-dealkylation sites (N-methyl/N-ethyl adjacent to an activating group) is 1. The second kappa shape index (κ2) is 6.75. The van der Waals surface area contributed by atoms with Gasteiger partial charge in [-0.05, 0) is 11.6 Å². The van der Waals surface area contributed by atoms with Crippen LogP contribution in [0.5, 0.6) is 0 Å². The second-order valence-electron chi connectivity index (χ2n) is 5.92. The van der Waals surface area contributed by atoms with Crippen molar-refractivity contribution in [3.05, 3.63) is 54.7 Å². The van der Waals surface area contributed by atoms with Crippen LogP contribution >= 0.6 is 0 Å². The highest BCUT2D eigenvalue weighted by molar-refractivity contribution is 5.87. The Morgan fingerprint density at radius 3 is 2.96 bits per heavy atom. The molecular formula is C18H17N7O. The third-order valence-corrected chi connectivity index (χ3v) is 4.14. The largest absolute Gasteiger partial charge is 0.350 e. The summed E-state index contributed by atoms with van der Waals surface area (Å²) in [5.74, 6) is 0.529. The van der Waals surface area contributed by atoms with Gasteiger partial charge in [0.25, 0.3) is 0 Å². The Bertz CT molecular complexity index is 1070. The molecule has 0 atom stereocenters. The molecule has 130 valence electrons. The van der Waals surface area contributed by atoms with Gasteiger partial charge in [-0.3, -0.25) is 9.78 Å². The summed E-state index contributed by atoms with van der Waals surface area (Å²) in [5.41, 5.74) is 3.17. The standard InChI is InChI=1S/C18H17N7O/c1-25(18-16-17(22-10-21-16)23-11-24-18)9-14(26)20-8-13-5-2-4-12-6-3-7-19-15(12)13/h2-7,10-11H,8-9H2,1H3,(H,20,26)(H,21,22,23,24). The zero-order chi connectivity index (χ0) is 17.9. The van der Waals surface area contributed by atoms with Crippen LogP contribution in [-0.4, -0.2) is 44.4 Å². The summed E-state index contributed by atoms with van der Waals surface area (Å²) in [4.78, 5) is 34.0. The molecule has 0 unspecified atom stereocenters. The van der Waals surface area contributed by atoms with Gasteiger partial charge in [0.15, 0.2) is 11.5 Å². The number of aromatic nitrogens is 5. The number of imidazole rings is 1. The van der Waals surface area contributed by atoms with E-state index >= 15 is 0 Å². The van der Waals surface area contributed by atoms with Crippen molar-refractivity contribution in [1.29, 1.82) is 0 Å². The molecule has 0 radical (unpaired) electrons. The number of aromatic amines is 1. The minimum absolute atomic E-state index is 0.105. The number of amides is 1. The average Bonchev–Trinajstić information content (AvgIpc) is 3.15. The maximum Gasteiger partial charge on any atom is 0.239 e. The van der Waals surface area contributed by atoms with Crippen LogP contribution in [0.25, 0.3) is 22.1 Å². The molecule has 1 aromatic carbocycles. The number of para-hydroxylation sites is 1. The number of hydrogen-bond donors (Lipinski definition) is 2. The molecule has 0 fully saturated rings. The molecule has 0 saturated heterocycles. The topological polar surface area (TPSA) is 99.7 Å². The van der Waals surface area contributed by atoms with Gasteiger partial charge in [0.1, 0.15) is 11.8 Å². The molecule has 3 aromatic heterocycles. The first-order valence-corrected chi connectivity index (χ1v) is 8.17. The Kier molecular flexibility index (Phi) is 4.14. The second-order valence-corrected chi connectivity index (χ2v) is 5.92. The van der Waals surface area contributed by atoms with Crippen LogP contribution in [-0.2, 0) is 11.3 Å². The molecule has 26 heavy (non-hydrogen) atoms. The SMILES string of the molecule is CN(CC(=O)NCc1cccc2cccnc12)c1ncnc2nc[nH]c12. The maximum absolute atomic E-state index is 12.4. The molecule has 0 saturated carbocycles. The van der Waals surface area contributed by atoms with Crippen LogP contribution in [0.3, 0.4) is 0 Å². The number of rotatable bonds is 5. The molecule has 4 aromatic rings. The van der Waals surface area contributed by atoms with E-state index in [1.54, 1.807) is 17.4 Å². The van der Waals surface area contributed by atoms with E-state index in [2.05, 4.69) is 30.2 Å². The number of carbonyl (C=O) groups excluding carboxylic acids is 1. The van der Waals surface area contributed by atoms with Crippen molar-refractivity contribution in [2.75, 3.05) is 18.5 Å². The number of anilines is 1. The van der Waals surface area contributed by atoms with Gasteiger partial charge in [-0.1, -0.05) is 24.3 Å². The van der Waals surface area contributed by atoms with E-state index in [0.29, 0.717) is 23.5 Å². The van der Waals surface area contributed by atoms with Crippen LogP contribution in [0.2, 0.25) is 0 Å². The predicted molar refractivity (Wildman–Crippen MR) is 98.5 cm³/mol. The lowest BCUT2D eigenvalue weighted by Crippen LogP contribution is -2.35. The van der Waals surface area contributed by atoms with Crippen LogP contribution in [0.1, 0.15) is 5.56 Å². The van der Waals surface area contributed by atoms with Gasteiger partial charge in [0, 0.05) is 25.2 Å². The Morgan fingerprint density at radius 2 is 2.04 bits per heavy atom. The highest BCUT2D eigenvalue weighted by Crippen LogP contribution is 2.18. The molecule has 0 spiro atoms. The van der Waals surface area contributed by atoms with Gasteiger partial charge >= 0.3 is 0 Å². The maximum atomic E-state index is 12.4. The normalized spacial score (nSPS) is 11.0. The van der Waals surface area contributed by atoms with E-state index in [9.17, 15) is 4.79 Å². The fourth-order valence-electron chi connectivity index (χ4n) is 2.89. The molecule has 8 nitrogen and oxygen atoms in total. The summed E-state index contributed by atoms with van der Waals surface area (Å²) in [6.45, 7) is 0.591. The minimum Gasteiger partial charge on any atom is -0.350 e. The molecule has 2 N–H and O–H groups in total. The van der Waals surface area contributed by atoms with E-state index in [-0.39, 0.29) is 12.5 Å². The summed E-state index contributed by atoms with van der Waals surface area (Å²) >= 11 is 0. The zero-order valence-electron chi connectivity index (χ0n) is 14.2. The summed E-state index contributed by atoms with van der Waals surface area (Å²) in [6.07, 6.45) is 4.76. The molecule has 3 heterocycles. The fourth-order valence-corrected chi connectivity index (χ4v) is 2.89. The van der Waals surface area contributed by atoms with E-state index in [4.69, 9.17) is 0 Å². The Labute approximate surface area is 149 Å². The quantitative estimate of drug-likeness (QED) is 0.569. The number of fused-ring (bicyclic) bond motifs is 2. The van der Waals surface area contributed by atoms with Crippen molar-refractivity contribution < 1.29 is 4.79 Å². The number of benzene rings is 1. The first-order valence-electron chi connectivity index (χ1n) is 8.17. The minimum atomic E-state index is -0.105. The Morgan fingerprint density at radius 1 is 1.15 bits per heavy atom. The van der Waals surface area contributed by atoms with Gasteiger partial charge in [-0.15, -0.1) is 0 Å². The van der Waals surface area contributed by atoms with Crippen LogP contribution in [0.15, 0.2) is 49.2 Å². The molecule has 0 aliphatic heterocycles. The number of nitrogens with zero attached hydrogens (tertiary/aromatic N) is 5. The van der Waals surface area contributed by atoms with Gasteiger partial charge in [-0.2, -0.15) is 0 Å². The molecule has 1 amide bonds. The predicted octanol–water partition coefficient (Wildman–Crippen LogP) is 1.65. The Hall–Kier alpha value is -3.55. The molecule has 4 rings (SSSR count). The first kappa shape index (κ1) is 15.9. The number of nitrogens with one attached hydrogen (secondary N) is 2. The van der Waals surface area contributed by atoms with Crippen LogP contribution in [0.4, 0.5) is 5.82 Å². The van der Waals surface area contributed by atoms with Crippen molar-refractivity contribution in [2.45, 2.75) is 6.54 Å². The van der Waals surface area contributed by atoms with Crippen molar-refractivity contribution in [3.8, 4) is 0 Å². The highest BCUT2D eigenvalue weighted by Gasteiger charge is 2.13. The molecule has 0 bridgehead atoms. The van der Waals surface area contributed by atoms with Crippen molar-refractivity contribution in [1.82, 2.24) is 30.2 Å². The van der Waals surface area contributed by atoms with E-state index in [1.165, 1.54) is 6.33 Å². The third-order valence-electron chi connectivity index (χ3n) is 4.14. The van der Waals surface area contributed by atoms with Gasteiger partial charge in [0.05, 0.1) is 18.4 Å². The van der Waals surface area contributed by atoms with Gasteiger partial charge < -0.3 is 15.2 Å². The van der Waals surface area contributed by atoms with Crippen LogP contribution in [0, 0.1) is 0 Å². The van der Waals surface area contributed by atoms with Gasteiger partial charge in [0.2, 0.25) is 5.91 Å². The molecule has 0 aliphatic rings. The number of H-pyrrole nitrogens is 1.